The van der Waals surface area contributed by atoms with Gasteiger partial charge in [0.25, 0.3) is 0 Å². The highest BCUT2D eigenvalue weighted by molar-refractivity contribution is 5.76. The molecule has 2 aliphatic rings. The van der Waals surface area contributed by atoms with Crippen LogP contribution >= 0.6 is 0 Å². The summed E-state index contributed by atoms with van der Waals surface area (Å²) in [5.74, 6) is 2.54. The number of carbonyl (C=O) groups excluding carboxylic acids is 1. The maximum atomic E-state index is 10.8. The van der Waals surface area contributed by atoms with Crippen LogP contribution in [0.5, 0.6) is 11.5 Å². The summed E-state index contributed by atoms with van der Waals surface area (Å²) in [7, 11) is 1.61. The number of allylic oxidation sites excluding steroid dienone is 1. The van der Waals surface area contributed by atoms with Gasteiger partial charge in [-0.15, -0.1) is 0 Å². The number of hydrogen-bond acceptors (Lipinski definition) is 3. The van der Waals surface area contributed by atoms with E-state index in [4.69, 9.17) is 9.47 Å². The molecule has 2 aliphatic carbocycles. The topological polar surface area (TPSA) is 35.5 Å². The van der Waals surface area contributed by atoms with Gasteiger partial charge in [-0.2, -0.15) is 0 Å². The molecule has 3 nitrogen and oxygen atoms in total. The van der Waals surface area contributed by atoms with Crippen molar-refractivity contribution in [3.63, 3.8) is 0 Å². The van der Waals surface area contributed by atoms with E-state index in [2.05, 4.69) is 12.2 Å². The molecule has 18 heavy (non-hydrogen) atoms. The van der Waals surface area contributed by atoms with Gasteiger partial charge >= 0.3 is 0 Å². The van der Waals surface area contributed by atoms with Crippen molar-refractivity contribution in [2.45, 2.75) is 18.9 Å². The Labute approximate surface area is 106 Å². The van der Waals surface area contributed by atoms with E-state index in [0.29, 0.717) is 28.9 Å². The van der Waals surface area contributed by atoms with Gasteiger partial charge in [0, 0.05) is 11.5 Å². The molecule has 0 unspecified atom stereocenters. The first-order valence-corrected chi connectivity index (χ1v) is 6.28. The number of carbonyl (C=O) groups is 1. The molecule has 2 bridgehead atoms. The van der Waals surface area contributed by atoms with E-state index in [1.165, 1.54) is 6.42 Å². The summed E-state index contributed by atoms with van der Waals surface area (Å²) in [6, 6.07) is 5.27. The average molecular weight is 244 g/mol. The van der Waals surface area contributed by atoms with Crippen LogP contribution in [0.3, 0.4) is 0 Å². The summed E-state index contributed by atoms with van der Waals surface area (Å²) >= 11 is 0. The molecule has 1 aromatic rings. The minimum absolute atomic E-state index is 0.218. The first-order valence-electron chi connectivity index (χ1n) is 6.28. The van der Waals surface area contributed by atoms with Gasteiger partial charge in [0.05, 0.1) is 7.11 Å². The molecular weight excluding hydrogens is 228 g/mol. The predicted octanol–water partition coefficient (Wildman–Crippen LogP) is 2.85. The molecule has 0 N–H and O–H groups in total. The lowest BCUT2D eigenvalue weighted by Gasteiger charge is -2.21. The van der Waals surface area contributed by atoms with E-state index < -0.39 is 0 Å². The molecule has 0 spiro atoms. The predicted molar refractivity (Wildman–Crippen MR) is 68.2 cm³/mol. The fraction of sp³-hybridized carbons (Fsp3) is 0.400. The number of hydrogen-bond donors (Lipinski definition) is 0. The van der Waals surface area contributed by atoms with Crippen molar-refractivity contribution in [2.75, 3.05) is 7.11 Å². The highest BCUT2D eigenvalue weighted by Gasteiger charge is 2.37. The summed E-state index contributed by atoms with van der Waals surface area (Å²) in [4.78, 5) is 10.8. The van der Waals surface area contributed by atoms with Gasteiger partial charge in [-0.1, -0.05) is 12.2 Å². The molecule has 1 saturated carbocycles. The van der Waals surface area contributed by atoms with Crippen LogP contribution < -0.4 is 9.47 Å². The molecule has 0 radical (unpaired) electrons. The van der Waals surface area contributed by atoms with Gasteiger partial charge < -0.3 is 9.47 Å². The third-order valence-electron chi connectivity index (χ3n) is 3.82. The molecule has 0 heterocycles. The number of methoxy groups -OCH3 is 1. The van der Waals surface area contributed by atoms with Gasteiger partial charge in [-0.05, 0) is 37.0 Å². The largest absolute Gasteiger partial charge is 0.493 e. The molecule has 1 fully saturated rings. The molecule has 3 rings (SSSR count). The number of rotatable bonds is 4. The quantitative estimate of drug-likeness (QED) is 0.603. The van der Waals surface area contributed by atoms with E-state index in [9.17, 15) is 4.79 Å². The highest BCUT2D eigenvalue weighted by Crippen LogP contribution is 2.42. The summed E-state index contributed by atoms with van der Waals surface area (Å²) in [5.41, 5.74) is 0.615. The zero-order chi connectivity index (χ0) is 12.5. The van der Waals surface area contributed by atoms with E-state index in [1.54, 1.807) is 25.3 Å². The summed E-state index contributed by atoms with van der Waals surface area (Å²) in [5, 5.41) is 0. The molecule has 94 valence electrons. The van der Waals surface area contributed by atoms with Crippen molar-refractivity contribution < 1.29 is 14.3 Å². The van der Waals surface area contributed by atoms with Gasteiger partial charge in [0.15, 0.2) is 11.5 Å². The molecule has 0 saturated heterocycles. The van der Waals surface area contributed by atoms with Crippen LogP contribution in [0.25, 0.3) is 0 Å². The first kappa shape index (κ1) is 11.3. The van der Waals surface area contributed by atoms with E-state index in [0.717, 1.165) is 12.7 Å². The monoisotopic (exact) mass is 244 g/mol. The maximum absolute atomic E-state index is 10.8. The second kappa shape index (κ2) is 4.48. The third kappa shape index (κ3) is 1.90. The minimum Gasteiger partial charge on any atom is -0.493 e. The Morgan fingerprint density at radius 3 is 2.72 bits per heavy atom. The summed E-state index contributed by atoms with van der Waals surface area (Å²) < 4.78 is 11.3. The Kier molecular flexibility index (Phi) is 2.82. The fourth-order valence-corrected chi connectivity index (χ4v) is 2.89. The summed E-state index contributed by atoms with van der Waals surface area (Å²) in [6.45, 7) is 0. The second-order valence-electron chi connectivity index (χ2n) is 4.96. The van der Waals surface area contributed by atoms with Crippen LogP contribution in [0.15, 0.2) is 30.4 Å². The summed E-state index contributed by atoms with van der Waals surface area (Å²) in [6.07, 6.45) is 7.83. The van der Waals surface area contributed by atoms with Gasteiger partial charge in [-0.25, -0.2) is 0 Å². The van der Waals surface area contributed by atoms with Crippen molar-refractivity contribution >= 4 is 6.29 Å². The average Bonchev–Trinajstić information content (AvgIpc) is 3.01. The Bertz CT molecular complexity index is 493. The minimum atomic E-state index is 0.218. The number of fused-ring (bicyclic) bond motifs is 2. The molecule has 3 atom stereocenters. The lowest BCUT2D eigenvalue weighted by atomic mass is 10.0. The third-order valence-corrected chi connectivity index (χ3v) is 3.82. The first-order chi connectivity index (χ1) is 8.80. The molecule has 0 aromatic heterocycles. The molecular formula is C15H16O3. The van der Waals surface area contributed by atoms with Crippen LogP contribution in [0.4, 0.5) is 0 Å². The molecule has 1 aromatic carbocycles. The van der Waals surface area contributed by atoms with Crippen LogP contribution in [-0.2, 0) is 0 Å². The smallest absolute Gasteiger partial charge is 0.162 e. The highest BCUT2D eigenvalue weighted by atomic mass is 16.5. The normalized spacial score (nSPS) is 28.4. The maximum Gasteiger partial charge on any atom is 0.162 e. The van der Waals surface area contributed by atoms with E-state index in [1.807, 2.05) is 0 Å². The van der Waals surface area contributed by atoms with Gasteiger partial charge in [0.2, 0.25) is 0 Å². The van der Waals surface area contributed by atoms with Crippen molar-refractivity contribution in [3.8, 4) is 11.5 Å². The van der Waals surface area contributed by atoms with Gasteiger partial charge in [-0.3, -0.25) is 4.79 Å². The molecule has 3 heteroatoms. The number of aldehydes is 1. The van der Waals surface area contributed by atoms with Crippen molar-refractivity contribution in [3.05, 3.63) is 35.9 Å². The lowest BCUT2D eigenvalue weighted by Crippen LogP contribution is -2.21. The fourth-order valence-electron chi connectivity index (χ4n) is 2.89. The standard InChI is InChI=1S/C15H16O3/c1-17-13-5-3-11(9-16)8-15(13)18-14-7-10-2-4-12(14)6-10/h2-5,8-10,12,14H,6-7H2,1H3/t10-,12+,14+/m1/s1. The Morgan fingerprint density at radius 1 is 1.22 bits per heavy atom. The van der Waals surface area contributed by atoms with Crippen LogP contribution in [0.2, 0.25) is 0 Å². The second-order valence-corrected chi connectivity index (χ2v) is 4.96. The van der Waals surface area contributed by atoms with Crippen LogP contribution in [0.1, 0.15) is 23.2 Å². The zero-order valence-electron chi connectivity index (χ0n) is 10.3. The van der Waals surface area contributed by atoms with Crippen LogP contribution in [0, 0.1) is 11.8 Å². The Balaban J connectivity index is 1.83. The SMILES string of the molecule is COc1ccc(C=O)cc1O[C@H]1C[C@@H]2C=C[C@H]1C2. The van der Waals surface area contributed by atoms with Crippen molar-refractivity contribution in [2.24, 2.45) is 11.8 Å². The Hall–Kier alpha value is -1.77. The molecule has 0 amide bonds. The number of ether oxygens (including phenoxy) is 2. The lowest BCUT2D eigenvalue weighted by molar-refractivity contribution is 0.112. The van der Waals surface area contributed by atoms with Crippen molar-refractivity contribution in [1.29, 1.82) is 0 Å². The molecule has 0 aliphatic heterocycles. The van der Waals surface area contributed by atoms with Gasteiger partial charge in [0.1, 0.15) is 12.4 Å². The van der Waals surface area contributed by atoms with Crippen LogP contribution in [-0.4, -0.2) is 19.5 Å². The number of benzene rings is 1. The van der Waals surface area contributed by atoms with E-state index >= 15 is 0 Å². The Morgan fingerprint density at radius 2 is 2.11 bits per heavy atom. The van der Waals surface area contributed by atoms with Crippen molar-refractivity contribution in [1.82, 2.24) is 0 Å². The van der Waals surface area contributed by atoms with E-state index in [-0.39, 0.29) is 6.10 Å². The zero-order valence-corrected chi connectivity index (χ0v) is 10.3.